The maximum absolute atomic E-state index is 13.0. The monoisotopic (exact) mass is 224 g/mol. The van der Waals surface area contributed by atoms with Gasteiger partial charge in [-0.2, -0.15) is 8.78 Å². The molecule has 1 atom stereocenters. The van der Waals surface area contributed by atoms with Crippen LogP contribution in [-0.4, -0.2) is 11.1 Å². The van der Waals surface area contributed by atoms with Crippen molar-refractivity contribution in [2.24, 2.45) is 0 Å². The van der Waals surface area contributed by atoms with Gasteiger partial charge in [-0.25, -0.2) is 4.39 Å². The summed E-state index contributed by atoms with van der Waals surface area (Å²) in [7, 11) is 0. The SMILES string of the molecule is CCC(C(=O)O)c1sc(F)c(F)c1F. The van der Waals surface area contributed by atoms with Gasteiger partial charge < -0.3 is 5.11 Å². The van der Waals surface area contributed by atoms with Gasteiger partial charge >= 0.3 is 5.97 Å². The van der Waals surface area contributed by atoms with Gasteiger partial charge in [-0.05, 0) is 6.42 Å². The summed E-state index contributed by atoms with van der Waals surface area (Å²) in [4.78, 5) is 10.2. The molecule has 1 N–H and O–H groups in total. The number of hydrogen-bond acceptors (Lipinski definition) is 2. The average Bonchev–Trinajstić information content (AvgIpc) is 2.35. The van der Waals surface area contributed by atoms with Crippen LogP contribution < -0.4 is 0 Å². The molecule has 0 saturated carbocycles. The molecule has 0 aliphatic carbocycles. The zero-order valence-electron chi connectivity index (χ0n) is 7.18. The summed E-state index contributed by atoms with van der Waals surface area (Å²) in [5.41, 5.74) is 0. The van der Waals surface area contributed by atoms with E-state index in [-0.39, 0.29) is 17.8 Å². The lowest BCUT2D eigenvalue weighted by Gasteiger charge is -2.05. The van der Waals surface area contributed by atoms with Gasteiger partial charge in [-0.15, -0.1) is 11.3 Å². The van der Waals surface area contributed by atoms with Crippen molar-refractivity contribution in [2.45, 2.75) is 19.3 Å². The highest BCUT2D eigenvalue weighted by Crippen LogP contribution is 2.32. The van der Waals surface area contributed by atoms with Gasteiger partial charge in [-0.3, -0.25) is 4.79 Å². The molecule has 0 radical (unpaired) electrons. The van der Waals surface area contributed by atoms with Gasteiger partial charge in [0, 0.05) is 0 Å². The van der Waals surface area contributed by atoms with Gasteiger partial charge in [-0.1, -0.05) is 6.92 Å². The van der Waals surface area contributed by atoms with Crippen molar-refractivity contribution in [1.29, 1.82) is 0 Å². The first-order valence-electron chi connectivity index (χ1n) is 3.85. The fraction of sp³-hybridized carbons (Fsp3) is 0.375. The quantitative estimate of drug-likeness (QED) is 0.857. The van der Waals surface area contributed by atoms with E-state index in [0.29, 0.717) is 0 Å². The standard InChI is InChI=1S/C8H7F3O2S/c1-2-3(8(12)13)6-4(9)5(10)7(11)14-6/h3H,2H2,1H3,(H,12,13). The van der Waals surface area contributed by atoms with Crippen LogP contribution in [0, 0.1) is 16.8 Å². The van der Waals surface area contributed by atoms with Crippen molar-refractivity contribution in [3.05, 3.63) is 21.6 Å². The molecule has 0 bridgehead atoms. The molecule has 78 valence electrons. The minimum atomic E-state index is -1.59. The number of thiophene rings is 1. The molecule has 0 aliphatic heterocycles. The number of carboxylic acid groups (broad SMARTS) is 1. The zero-order chi connectivity index (χ0) is 10.9. The second-order valence-corrected chi connectivity index (χ2v) is 3.67. The molecule has 2 nitrogen and oxygen atoms in total. The number of halogens is 3. The normalized spacial score (nSPS) is 12.9. The van der Waals surface area contributed by atoms with Crippen LogP contribution in [0.4, 0.5) is 13.2 Å². The highest BCUT2D eigenvalue weighted by atomic mass is 32.1. The summed E-state index contributed by atoms with van der Waals surface area (Å²) < 4.78 is 38.1. The maximum Gasteiger partial charge on any atom is 0.311 e. The van der Waals surface area contributed by atoms with E-state index in [0.717, 1.165) is 0 Å². The molecule has 1 aromatic rings. The van der Waals surface area contributed by atoms with Crippen molar-refractivity contribution in [1.82, 2.24) is 0 Å². The van der Waals surface area contributed by atoms with Crippen LogP contribution in [0.3, 0.4) is 0 Å². The fourth-order valence-electron chi connectivity index (χ4n) is 1.08. The topological polar surface area (TPSA) is 37.3 Å². The largest absolute Gasteiger partial charge is 0.481 e. The Bertz CT molecular complexity index is 362. The molecule has 0 amide bonds. The Morgan fingerprint density at radius 2 is 2.00 bits per heavy atom. The minimum absolute atomic E-state index is 0.0889. The van der Waals surface area contributed by atoms with Gasteiger partial charge in [0.2, 0.25) is 10.9 Å². The third-order valence-electron chi connectivity index (χ3n) is 1.80. The smallest absolute Gasteiger partial charge is 0.311 e. The fourth-order valence-corrected chi connectivity index (χ4v) is 2.04. The van der Waals surface area contributed by atoms with Crippen LogP contribution in [0.15, 0.2) is 0 Å². The first-order chi connectivity index (χ1) is 6.49. The predicted octanol–water partition coefficient (Wildman–Crippen LogP) is 2.74. The Kier molecular flexibility index (Phi) is 3.15. The van der Waals surface area contributed by atoms with E-state index in [2.05, 4.69) is 0 Å². The molecule has 14 heavy (non-hydrogen) atoms. The second-order valence-electron chi connectivity index (χ2n) is 2.67. The number of carbonyl (C=O) groups is 1. The van der Waals surface area contributed by atoms with Gasteiger partial charge in [0.05, 0.1) is 10.8 Å². The summed E-state index contributed by atoms with van der Waals surface area (Å²) in [6.07, 6.45) is 0.0889. The van der Waals surface area contributed by atoms with Crippen molar-refractivity contribution in [2.75, 3.05) is 0 Å². The third kappa shape index (κ3) is 1.75. The van der Waals surface area contributed by atoms with E-state index >= 15 is 0 Å². The van der Waals surface area contributed by atoms with Crippen LogP contribution in [0.5, 0.6) is 0 Å². The lowest BCUT2D eigenvalue weighted by atomic mass is 10.1. The number of rotatable bonds is 3. The molecule has 1 unspecified atom stereocenters. The molecule has 0 aromatic carbocycles. The molecular formula is C8H7F3O2S. The number of carboxylic acids is 1. The molecule has 0 fully saturated rings. The zero-order valence-corrected chi connectivity index (χ0v) is 8.00. The Hall–Kier alpha value is -1.04. The Labute approximate surface area is 82.0 Å². The van der Waals surface area contributed by atoms with Crippen LogP contribution in [0.25, 0.3) is 0 Å². The van der Waals surface area contributed by atoms with E-state index < -0.39 is 33.5 Å². The number of aliphatic carboxylic acids is 1. The van der Waals surface area contributed by atoms with Crippen molar-refractivity contribution in [3.8, 4) is 0 Å². The Morgan fingerprint density at radius 1 is 1.43 bits per heavy atom. The predicted molar refractivity (Wildman–Crippen MR) is 44.9 cm³/mol. The molecule has 6 heteroatoms. The van der Waals surface area contributed by atoms with E-state index in [4.69, 9.17) is 5.11 Å². The van der Waals surface area contributed by atoms with Crippen molar-refractivity contribution in [3.63, 3.8) is 0 Å². The Balaban J connectivity index is 3.17. The molecule has 0 aliphatic rings. The van der Waals surface area contributed by atoms with E-state index in [9.17, 15) is 18.0 Å². The highest BCUT2D eigenvalue weighted by Gasteiger charge is 2.28. The van der Waals surface area contributed by atoms with Gasteiger partial charge in [0.25, 0.3) is 0 Å². The summed E-state index contributed by atoms with van der Waals surface area (Å²) in [6, 6.07) is 0. The molecule has 0 spiro atoms. The average molecular weight is 224 g/mol. The Morgan fingerprint density at radius 3 is 2.29 bits per heavy atom. The van der Waals surface area contributed by atoms with Crippen LogP contribution in [0.2, 0.25) is 0 Å². The molecular weight excluding hydrogens is 217 g/mol. The van der Waals surface area contributed by atoms with Crippen LogP contribution >= 0.6 is 11.3 Å². The van der Waals surface area contributed by atoms with Crippen molar-refractivity contribution >= 4 is 17.3 Å². The summed E-state index contributed by atoms with van der Waals surface area (Å²) in [5.74, 6) is -5.45. The minimum Gasteiger partial charge on any atom is -0.481 e. The van der Waals surface area contributed by atoms with Crippen LogP contribution in [-0.2, 0) is 4.79 Å². The maximum atomic E-state index is 13.0. The highest BCUT2D eigenvalue weighted by molar-refractivity contribution is 7.10. The van der Waals surface area contributed by atoms with E-state index in [1.54, 1.807) is 0 Å². The summed E-state index contributed by atoms with van der Waals surface area (Å²) >= 11 is 0.204. The van der Waals surface area contributed by atoms with Crippen LogP contribution in [0.1, 0.15) is 24.1 Å². The second kappa shape index (κ2) is 4.00. The number of hydrogen-bond donors (Lipinski definition) is 1. The summed E-state index contributed by atoms with van der Waals surface area (Å²) in [5, 5.41) is 7.34. The lowest BCUT2D eigenvalue weighted by molar-refractivity contribution is -0.138. The third-order valence-corrected chi connectivity index (χ3v) is 2.85. The molecule has 0 saturated heterocycles. The van der Waals surface area contributed by atoms with E-state index in [1.807, 2.05) is 0 Å². The summed E-state index contributed by atoms with van der Waals surface area (Å²) in [6.45, 7) is 1.51. The van der Waals surface area contributed by atoms with Gasteiger partial charge in [0.15, 0.2) is 5.82 Å². The van der Waals surface area contributed by atoms with Gasteiger partial charge in [0.1, 0.15) is 0 Å². The first kappa shape index (κ1) is 11.0. The molecule has 1 heterocycles. The lowest BCUT2D eigenvalue weighted by Crippen LogP contribution is -2.10. The van der Waals surface area contributed by atoms with Crippen molar-refractivity contribution < 1.29 is 23.1 Å². The molecule has 1 aromatic heterocycles. The first-order valence-corrected chi connectivity index (χ1v) is 4.66. The molecule has 1 rings (SSSR count). The van der Waals surface area contributed by atoms with E-state index in [1.165, 1.54) is 6.92 Å².